The minimum atomic E-state index is -0.187. The molecule has 0 saturated carbocycles. The zero-order chi connectivity index (χ0) is 20.0. The van der Waals surface area contributed by atoms with Crippen LogP contribution in [0.25, 0.3) is 22.3 Å². The fraction of sp³-hybridized carbons (Fsp3) is 0.316. The van der Waals surface area contributed by atoms with E-state index in [1.54, 1.807) is 29.3 Å². The third-order valence-corrected chi connectivity index (χ3v) is 4.63. The van der Waals surface area contributed by atoms with Gasteiger partial charge in [-0.15, -0.1) is 5.10 Å². The van der Waals surface area contributed by atoms with Crippen LogP contribution in [-0.2, 0) is 7.05 Å². The van der Waals surface area contributed by atoms with Crippen molar-refractivity contribution in [3.63, 3.8) is 0 Å². The molecule has 28 heavy (non-hydrogen) atoms. The molecule has 9 heteroatoms. The Bertz CT molecular complexity index is 1220. The highest BCUT2D eigenvalue weighted by atomic mass is 16.1. The van der Waals surface area contributed by atoms with E-state index in [0.717, 1.165) is 22.4 Å². The molecule has 0 aromatic carbocycles. The van der Waals surface area contributed by atoms with Gasteiger partial charge >= 0.3 is 0 Å². The number of pyridine rings is 2. The zero-order valence-electron chi connectivity index (χ0n) is 16.5. The monoisotopic (exact) mass is 378 g/mol. The summed E-state index contributed by atoms with van der Waals surface area (Å²) in [6.45, 7) is 6.07. The molecule has 144 valence electrons. The molecule has 9 nitrogen and oxygen atoms in total. The van der Waals surface area contributed by atoms with Crippen molar-refractivity contribution in [3.8, 4) is 11.3 Å². The molecular formula is C19H22N8O. The molecule has 4 heterocycles. The van der Waals surface area contributed by atoms with Crippen LogP contribution in [0.2, 0.25) is 0 Å². The van der Waals surface area contributed by atoms with Crippen LogP contribution in [0.5, 0.6) is 0 Å². The number of aryl methyl sites for hydroxylation is 2. The molecular weight excluding hydrogens is 356 g/mol. The Morgan fingerprint density at radius 3 is 2.68 bits per heavy atom. The summed E-state index contributed by atoms with van der Waals surface area (Å²) in [5.41, 5.74) is 4.19. The molecule has 0 saturated heterocycles. The predicted molar refractivity (Wildman–Crippen MR) is 108 cm³/mol. The summed E-state index contributed by atoms with van der Waals surface area (Å²) >= 11 is 0. The SMILES string of the molecule is Cc1nn(C(C)C)c2c(N(C)c3ncn(C)n3)cc(-c3ccc[nH]c3=O)nc12. The molecule has 0 aliphatic heterocycles. The molecule has 4 aromatic rings. The smallest absolute Gasteiger partial charge is 0.257 e. The first kappa shape index (κ1) is 17.9. The van der Waals surface area contributed by atoms with E-state index in [2.05, 4.69) is 34.0 Å². The summed E-state index contributed by atoms with van der Waals surface area (Å²) in [5, 5.41) is 9.09. The summed E-state index contributed by atoms with van der Waals surface area (Å²) in [5.74, 6) is 0.553. The maximum atomic E-state index is 12.4. The average molecular weight is 378 g/mol. The molecule has 0 radical (unpaired) electrons. The standard InChI is InChI=1S/C19H22N8O/c1-11(2)27-17-15(26(5)19-21-10-25(4)24-19)9-14(22-16(17)12(3)23-27)13-7-6-8-20-18(13)28/h6-11H,1-5H3,(H,20,28). The molecule has 0 fully saturated rings. The number of aromatic nitrogens is 7. The van der Waals surface area contributed by atoms with Gasteiger partial charge in [0.1, 0.15) is 17.4 Å². The first-order valence-corrected chi connectivity index (χ1v) is 9.04. The van der Waals surface area contributed by atoms with E-state index in [1.165, 1.54) is 0 Å². The molecule has 0 spiro atoms. The number of nitrogens with zero attached hydrogens (tertiary/aromatic N) is 7. The Labute approximate surface area is 161 Å². The maximum absolute atomic E-state index is 12.4. The first-order chi connectivity index (χ1) is 13.4. The van der Waals surface area contributed by atoms with E-state index >= 15 is 0 Å². The van der Waals surface area contributed by atoms with Crippen molar-refractivity contribution in [2.75, 3.05) is 11.9 Å². The van der Waals surface area contributed by atoms with Gasteiger partial charge < -0.3 is 9.88 Å². The zero-order valence-corrected chi connectivity index (χ0v) is 16.5. The predicted octanol–water partition coefficient (Wildman–Crippen LogP) is 2.57. The molecule has 4 rings (SSSR count). The summed E-state index contributed by atoms with van der Waals surface area (Å²) in [6, 6.07) is 5.59. The van der Waals surface area contributed by atoms with Gasteiger partial charge in [0.2, 0.25) is 5.95 Å². The topological polar surface area (TPSA) is 97.5 Å². The number of hydrogen-bond acceptors (Lipinski definition) is 6. The molecule has 4 aromatic heterocycles. The van der Waals surface area contributed by atoms with Gasteiger partial charge in [0.05, 0.1) is 22.6 Å². The summed E-state index contributed by atoms with van der Waals surface area (Å²) in [6.07, 6.45) is 3.26. The van der Waals surface area contributed by atoms with Crippen LogP contribution in [0.4, 0.5) is 11.6 Å². The molecule has 0 unspecified atom stereocenters. The minimum absolute atomic E-state index is 0.146. The second kappa shape index (κ2) is 6.59. The lowest BCUT2D eigenvalue weighted by Gasteiger charge is -2.19. The third kappa shape index (κ3) is 2.84. The van der Waals surface area contributed by atoms with E-state index in [0.29, 0.717) is 17.2 Å². The van der Waals surface area contributed by atoms with Crippen LogP contribution in [0, 0.1) is 6.92 Å². The van der Waals surface area contributed by atoms with E-state index in [9.17, 15) is 4.79 Å². The highest BCUT2D eigenvalue weighted by Crippen LogP contribution is 2.34. The highest BCUT2D eigenvalue weighted by molar-refractivity contribution is 5.94. The molecule has 0 aliphatic carbocycles. The van der Waals surface area contributed by atoms with Crippen LogP contribution in [0.1, 0.15) is 25.6 Å². The second-order valence-electron chi connectivity index (χ2n) is 7.04. The van der Waals surface area contributed by atoms with E-state index < -0.39 is 0 Å². The Morgan fingerprint density at radius 2 is 2.04 bits per heavy atom. The van der Waals surface area contributed by atoms with Crippen LogP contribution in [0.3, 0.4) is 0 Å². The third-order valence-electron chi connectivity index (χ3n) is 4.63. The maximum Gasteiger partial charge on any atom is 0.257 e. The fourth-order valence-electron chi connectivity index (χ4n) is 3.24. The van der Waals surface area contributed by atoms with Gasteiger partial charge in [0, 0.05) is 26.3 Å². The van der Waals surface area contributed by atoms with Crippen LogP contribution < -0.4 is 10.5 Å². The van der Waals surface area contributed by atoms with Gasteiger partial charge in [-0.3, -0.25) is 14.2 Å². The lowest BCUT2D eigenvalue weighted by atomic mass is 10.1. The normalized spacial score (nSPS) is 11.5. The lowest BCUT2D eigenvalue weighted by Crippen LogP contribution is -2.15. The summed E-state index contributed by atoms with van der Waals surface area (Å²) in [4.78, 5) is 26.1. The Morgan fingerprint density at radius 1 is 1.25 bits per heavy atom. The molecule has 0 aliphatic rings. The number of fused-ring (bicyclic) bond motifs is 1. The largest absolute Gasteiger partial charge is 0.329 e. The highest BCUT2D eigenvalue weighted by Gasteiger charge is 2.22. The molecule has 0 atom stereocenters. The Hall–Kier alpha value is -3.49. The summed E-state index contributed by atoms with van der Waals surface area (Å²) < 4.78 is 3.60. The quantitative estimate of drug-likeness (QED) is 0.586. The van der Waals surface area contributed by atoms with E-state index in [-0.39, 0.29) is 11.6 Å². The van der Waals surface area contributed by atoms with Crippen molar-refractivity contribution < 1.29 is 0 Å². The van der Waals surface area contributed by atoms with Crippen molar-refractivity contribution in [2.45, 2.75) is 26.8 Å². The average Bonchev–Trinajstić information content (AvgIpc) is 3.25. The molecule has 1 N–H and O–H groups in total. The van der Waals surface area contributed by atoms with E-state index in [1.807, 2.05) is 36.7 Å². The number of anilines is 2. The number of H-pyrrole nitrogens is 1. The van der Waals surface area contributed by atoms with Crippen molar-refractivity contribution in [2.24, 2.45) is 7.05 Å². The second-order valence-corrected chi connectivity index (χ2v) is 7.04. The van der Waals surface area contributed by atoms with Gasteiger partial charge in [-0.1, -0.05) is 0 Å². The van der Waals surface area contributed by atoms with E-state index in [4.69, 9.17) is 4.98 Å². The van der Waals surface area contributed by atoms with Crippen LogP contribution in [-0.4, -0.2) is 41.6 Å². The number of nitrogens with one attached hydrogen (secondary N) is 1. The van der Waals surface area contributed by atoms with Gasteiger partial charge in [-0.2, -0.15) is 5.10 Å². The number of hydrogen-bond donors (Lipinski definition) is 1. The molecule has 0 bridgehead atoms. The van der Waals surface area contributed by atoms with Crippen molar-refractivity contribution in [3.05, 3.63) is 46.8 Å². The van der Waals surface area contributed by atoms with Crippen molar-refractivity contribution in [1.82, 2.24) is 34.5 Å². The van der Waals surface area contributed by atoms with Crippen molar-refractivity contribution in [1.29, 1.82) is 0 Å². The number of aromatic amines is 1. The van der Waals surface area contributed by atoms with Gasteiger partial charge in [-0.05, 0) is 39.0 Å². The molecule has 0 amide bonds. The fourth-order valence-corrected chi connectivity index (χ4v) is 3.24. The minimum Gasteiger partial charge on any atom is -0.329 e. The van der Waals surface area contributed by atoms with Crippen LogP contribution in [0.15, 0.2) is 35.5 Å². The van der Waals surface area contributed by atoms with Gasteiger partial charge in [0.15, 0.2) is 0 Å². The van der Waals surface area contributed by atoms with Gasteiger partial charge in [-0.25, -0.2) is 9.97 Å². The first-order valence-electron chi connectivity index (χ1n) is 9.04. The van der Waals surface area contributed by atoms with Gasteiger partial charge in [0.25, 0.3) is 5.56 Å². The van der Waals surface area contributed by atoms with Crippen LogP contribution >= 0.6 is 0 Å². The number of rotatable bonds is 4. The summed E-state index contributed by atoms with van der Waals surface area (Å²) in [7, 11) is 3.72. The Kier molecular flexibility index (Phi) is 4.21. The lowest BCUT2D eigenvalue weighted by molar-refractivity contribution is 0.547. The van der Waals surface area contributed by atoms with Crippen molar-refractivity contribution >= 4 is 22.7 Å². The Balaban J connectivity index is 2.04.